The van der Waals surface area contributed by atoms with Gasteiger partial charge in [0, 0.05) is 0 Å². The molecule has 1 amide bonds. The number of furan rings is 1. The molecule has 3 atom stereocenters. The first kappa shape index (κ1) is 17.8. The van der Waals surface area contributed by atoms with Crippen molar-refractivity contribution >= 4 is 6.09 Å². The van der Waals surface area contributed by atoms with E-state index < -0.39 is 35.7 Å². The minimum Gasteiger partial charge on any atom is -0.467 e. The first-order valence-electron chi connectivity index (χ1n) is 7.60. The molecular formula is C16H25NO6. The summed E-state index contributed by atoms with van der Waals surface area (Å²) in [7, 11) is 0. The van der Waals surface area contributed by atoms with Crippen molar-refractivity contribution < 1.29 is 28.5 Å². The number of hydrogen-bond acceptors (Lipinski definition) is 6. The fraction of sp³-hybridized carbons (Fsp3) is 0.688. The van der Waals surface area contributed by atoms with Gasteiger partial charge in [0.15, 0.2) is 5.79 Å². The number of carbonyl (C=O) groups is 1. The van der Waals surface area contributed by atoms with Crippen LogP contribution in [-0.2, 0) is 14.2 Å². The van der Waals surface area contributed by atoms with Gasteiger partial charge >= 0.3 is 6.09 Å². The molecule has 7 nitrogen and oxygen atoms in total. The maximum atomic E-state index is 12.1. The molecule has 1 fully saturated rings. The van der Waals surface area contributed by atoms with Crippen LogP contribution < -0.4 is 5.32 Å². The fourth-order valence-corrected chi connectivity index (χ4v) is 2.33. The molecule has 0 saturated carbocycles. The number of alkyl carbamates (subject to hydrolysis) is 1. The number of rotatable bonds is 3. The molecule has 2 N–H and O–H groups in total. The van der Waals surface area contributed by atoms with E-state index in [2.05, 4.69) is 5.32 Å². The standard InChI is InChI=1S/C16H25NO6/c1-15(2,3)23-14(19)17-12(11-7-6-8-20-11)13-10(18)9-21-16(4,5)22-13/h6-8,10,12-13,18H,9H2,1-5H3,(H,17,19)/t10-,12+,13+/m0/s1. The van der Waals surface area contributed by atoms with Crippen LogP contribution in [0.5, 0.6) is 0 Å². The van der Waals surface area contributed by atoms with Crippen molar-refractivity contribution in [1.82, 2.24) is 5.32 Å². The molecule has 1 aromatic heterocycles. The number of nitrogens with one attached hydrogen (secondary N) is 1. The molecule has 1 saturated heterocycles. The van der Waals surface area contributed by atoms with Crippen LogP contribution >= 0.6 is 0 Å². The summed E-state index contributed by atoms with van der Waals surface area (Å²) >= 11 is 0. The molecule has 0 unspecified atom stereocenters. The third-order valence-electron chi connectivity index (χ3n) is 3.25. The SMILES string of the molecule is CC(C)(C)OC(=O)N[C@H](c1ccco1)[C@@H]1OC(C)(C)OC[C@@H]1O. The summed E-state index contributed by atoms with van der Waals surface area (Å²) in [5.41, 5.74) is -0.633. The number of aliphatic hydroxyl groups excluding tert-OH is 1. The molecule has 1 aromatic rings. The highest BCUT2D eigenvalue weighted by molar-refractivity contribution is 5.68. The largest absolute Gasteiger partial charge is 0.467 e. The second-order valence-electron chi connectivity index (χ2n) is 7.00. The lowest BCUT2D eigenvalue weighted by molar-refractivity contribution is -0.309. The van der Waals surface area contributed by atoms with Crippen molar-refractivity contribution in [2.45, 2.75) is 64.3 Å². The molecule has 0 bridgehead atoms. The predicted molar refractivity (Wildman–Crippen MR) is 81.7 cm³/mol. The Kier molecular flexibility index (Phi) is 5.03. The second kappa shape index (κ2) is 6.51. The Morgan fingerprint density at radius 2 is 2.17 bits per heavy atom. The van der Waals surface area contributed by atoms with E-state index in [1.165, 1.54) is 6.26 Å². The first-order chi connectivity index (χ1) is 10.6. The highest BCUT2D eigenvalue weighted by Gasteiger charge is 2.42. The van der Waals surface area contributed by atoms with Gasteiger partial charge in [-0.1, -0.05) is 0 Å². The van der Waals surface area contributed by atoms with Gasteiger partial charge in [-0.25, -0.2) is 4.79 Å². The van der Waals surface area contributed by atoms with Gasteiger partial charge in [-0.05, 0) is 46.8 Å². The monoisotopic (exact) mass is 327 g/mol. The van der Waals surface area contributed by atoms with Crippen molar-refractivity contribution in [3.63, 3.8) is 0 Å². The molecule has 23 heavy (non-hydrogen) atoms. The normalized spacial score (nSPS) is 25.7. The maximum Gasteiger partial charge on any atom is 0.408 e. The lowest BCUT2D eigenvalue weighted by atomic mass is 10.0. The van der Waals surface area contributed by atoms with E-state index in [0.29, 0.717) is 5.76 Å². The average molecular weight is 327 g/mol. The molecule has 0 aliphatic carbocycles. The third-order valence-corrected chi connectivity index (χ3v) is 3.25. The molecule has 2 rings (SSSR count). The Labute approximate surface area is 135 Å². The lowest BCUT2D eigenvalue weighted by Crippen LogP contribution is -2.54. The quantitative estimate of drug-likeness (QED) is 0.886. The van der Waals surface area contributed by atoms with Gasteiger partial charge in [0.25, 0.3) is 0 Å². The molecule has 0 aromatic carbocycles. The highest BCUT2D eigenvalue weighted by Crippen LogP contribution is 2.31. The van der Waals surface area contributed by atoms with Gasteiger partial charge in [0.1, 0.15) is 29.6 Å². The highest BCUT2D eigenvalue weighted by atomic mass is 16.7. The Bertz CT molecular complexity index is 519. The van der Waals surface area contributed by atoms with Crippen molar-refractivity contribution in [3.8, 4) is 0 Å². The molecule has 2 heterocycles. The zero-order valence-corrected chi connectivity index (χ0v) is 14.2. The molecule has 130 valence electrons. The van der Waals surface area contributed by atoms with Crippen molar-refractivity contribution in [3.05, 3.63) is 24.2 Å². The van der Waals surface area contributed by atoms with Gasteiger partial charge < -0.3 is 29.1 Å². The van der Waals surface area contributed by atoms with E-state index >= 15 is 0 Å². The Hall–Kier alpha value is -1.57. The summed E-state index contributed by atoms with van der Waals surface area (Å²) in [6, 6.07) is 2.72. The van der Waals surface area contributed by atoms with Crippen LogP contribution in [0, 0.1) is 0 Å². The fourth-order valence-electron chi connectivity index (χ4n) is 2.33. The summed E-state index contributed by atoms with van der Waals surface area (Å²) in [6.45, 7) is 8.92. The summed E-state index contributed by atoms with van der Waals surface area (Å²) < 4.78 is 21.9. The van der Waals surface area contributed by atoms with Crippen molar-refractivity contribution in [2.24, 2.45) is 0 Å². The van der Waals surface area contributed by atoms with E-state index in [9.17, 15) is 9.90 Å². The topological polar surface area (TPSA) is 90.2 Å². The number of amides is 1. The van der Waals surface area contributed by atoms with E-state index in [1.807, 2.05) is 0 Å². The van der Waals surface area contributed by atoms with E-state index in [1.54, 1.807) is 46.8 Å². The van der Waals surface area contributed by atoms with Crippen LogP contribution in [0.3, 0.4) is 0 Å². The van der Waals surface area contributed by atoms with Gasteiger partial charge in [-0.15, -0.1) is 0 Å². The molecule has 1 aliphatic heterocycles. The van der Waals surface area contributed by atoms with Crippen LogP contribution in [0.1, 0.15) is 46.4 Å². The number of ether oxygens (including phenoxy) is 3. The molecule has 7 heteroatoms. The predicted octanol–water partition coefficient (Wildman–Crippen LogP) is 2.36. The zero-order chi connectivity index (χ0) is 17.3. The van der Waals surface area contributed by atoms with Crippen molar-refractivity contribution in [2.75, 3.05) is 6.61 Å². The Balaban J connectivity index is 2.19. The third kappa shape index (κ3) is 4.95. The molecular weight excluding hydrogens is 302 g/mol. The van der Waals surface area contributed by atoms with Crippen molar-refractivity contribution in [1.29, 1.82) is 0 Å². The van der Waals surface area contributed by atoms with E-state index in [0.717, 1.165) is 0 Å². The van der Waals surface area contributed by atoms with Gasteiger partial charge in [-0.2, -0.15) is 0 Å². The lowest BCUT2D eigenvalue weighted by Gasteiger charge is -2.41. The van der Waals surface area contributed by atoms with Gasteiger partial charge in [0.05, 0.1) is 12.9 Å². The Morgan fingerprint density at radius 3 is 2.74 bits per heavy atom. The minimum absolute atomic E-state index is 0.102. The second-order valence-corrected chi connectivity index (χ2v) is 7.00. The van der Waals surface area contributed by atoms with E-state index in [4.69, 9.17) is 18.6 Å². The van der Waals surface area contributed by atoms with Crippen LogP contribution in [0.15, 0.2) is 22.8 Å². The summed E-state index contributed by atoms with van der Waals surface area (Å²) in [5, 5.41) is 13.0. The van der Waals surface area contributed by atoms with Crippen LogP contribution in [0.4, 0.5) is 4.79 Å². The maximum absolute atomic E-state index is 12.1. The smallest absolute Gasteiger partial charge is 0.408 e. The zero-order valence-electron chi connectivity index (χ0n) is 14.2. The van der Waals surface area contributed by atoms with Gasteiger partial charge in [-0.3, -0.25) is 0 Å². The molecule has 0 radical (unpaired) electrons. The van der Waals surface area contributed by atoms with E-state index in [-0.39, 0.29) is 6.61 Å². The van der Waals surface area contributed by atoms with Gasteiger partial charge in [0.2, 0.25) is 0 Å². The number of hydrogen-bond donors (Lipinski definition) is 2. The number of aliphatic hydroxyl groups is 1. The average Bonchev–Trinajstić information content (AvgIpc) is 2.91. The number of carbonyl (C=O) groups excluding carboxylic acids is 1. The summed E-state index contributed by atoms with van der Waals surface area (Å²) in [5.74, 6) is -0.401. The molecule has 1 aliphatic rings. The van der Waals surface area contributed by atoms with Crippen LogP contribution in [0.2, 0.25) is 0 Å². The Morgan fingerprint density at radius 1 is 1.48 bits per heavy atom. The first-order valence-corrected chi connectivity index (χ1v) is 7.60. The van der Waals surface area contributed by atoms with Crippen LogP contribution in [0.25, 0.3) is 0 Å². The summed E-state index contributed by atoms with van der Waals surface area (Å²) in [6.07, 6.45) is -0.750. The summed E-state index contributed by atoms with van der Waals surface area (Å²) in [4.78, 5) is 12.1. The minimum atomic E-state index is -0.909. The molecule has 0 spiro atoms. The van der Waals surface area contributed by atoms with Crippen LogP contribution in [-0.4, -0.2) is 41.4 Å².